The van der Waals surface area contributed by atoms with E-state index in [9.17, 15) is 14.0 Å². The number of nitrogens with zero attached hydrogens (tertiary/aromatic N) is 2. The third-order valence-corrected chi connectivity index (χ3v) is 6.76. The summed E-state index contributed by atoms with van der Waals surface area (Å²) in [6, 6.07) is 15.8. The standard InChI is InChI=1S/C26H32FN3O2/c27-23-12-10-22(11-13-23)26(32)30-18-16-29(17-19-30)24(21-8-4-5-9-21)25(31)28-15-14-20-6-2-1-3-7-20/h1-3,6-7,10-13,21,24H,4-5,8-9,14-19H2,(H,28,31). The Kier molecular flexibility index (Phi) is 7.53. The van der Waals surface area contributed by atoms with Crippen molar-refractivity contribution in [3.63, 3.8) is 0 Å². The number of nitrogens with one attached hydrogen (secondary N) is 1. The fourth-order valence-corrected chi connectivity index (χ4v) is 5.01. The monoisotopic (exact) mass is 437 g/mol. The van der Waals surface area contributed by atoms with Crippen molar-refractivity contribution in [3.05, 3.63) is 71.5 Å². The minimum Gasteiger partial charge on any atom is -0.354 e. The second-order valence-electron chi connectivity index (χ2n) is 8.85. The summed E-state index contributed by atoms with van der Waals surface area (Å²) in [4.78, 5) is 30.1. The molecule has 2 aromatic rings. The van der Waals surface area contributed by atoms with Crippen molar-refractivity contribution < 1.29 is 14.0 Å². The van der Waals surface area contributed by atoms with Crippen LogP contribution < -0.4 is 5.32 Å². The molecule has 4 rings (SSSR count). The van der Waals surface area contributed by atoms with Crippen LogP contribution in [0.1, 0.15) is 41.6 Å². The number of halogens is 1. The van der Waals surface area contributed by atoms with Crippen molar-refractivity contribution >= 4 is 11.8 Å². The predicted octanol–water partition coefficient (Wildman–Crippen LogP) is 3.50. The van der Waals surface area contributed by atoms with E-state index in [4.69, 9.17) is 0 Å². The number of benzene rings is 2. The van der Waals surface area contributed by atoms with Gasteiger partial charge in [-0.3, -0.25) is 14.5 Å². The molecule has 170 valence electrons. The lowest BCUT2D eigenvalue weighted by Gasteiger charge is -2.40. The molecule has 1 atom stereocenters. The van der Waals surface area contributed by atoms with Gasteiger partial charge in [-0.2, -0.15) is 0 Å². The smallest absolute Gasteiger partial charge is 0.253 e. The fourth-order valence-electron chi connectivity index (χ4n) is 5.01. The minimum absolute atomic E-state index is 0.0746. The zero-order chi connectivity index (χ0) is 22.3. The van der Waals surface area contributed by atoms with Gasteiger partial charge in [-0.1, -0.05) is 43.2 Å². The van der Waals surface area contributed by atoms with Crippen molar-refractivity contribution in [1.29, 1.82) is 0 Å². The van der Waals surface area contributed by atoms with Crippen LogP contribution in [0.15, 0.2) is 54.6 Å². The molecule has 2 aliphatic rings. The third kappa shape index (κ3) is 5.54. The Morgan fingerprint density at radius 3 is 2.25 bits per heavy atom. The minimum atomic E-state index is -0.343. The predicted molar refractivity (Wildman–Crippen MR) is 123 cm³/mol. The van der Waals surface area contributed by atoms with Crippen LogP contribution in [-0.4, -0.2) is 60.4 Å². The molecule has 1 unspecified atom stereocenters. The maximum Gasteiger partial charge on any atom is 0.253 e. The third-order valence-electron chi connectivity index (χ3n) is 6.76. The first kappa shape index (κ1) is 22.5. The van der Waals surface area contributed by atoms with Gasteiger partial charge in [-0.25, -0.2) is 4.39 Å². The zero-order valence-corrected chi connectivity index (χ0v) is 18.5. The SMILES string of the molecule is O=C(NCCc1ccccc1)C(C1CCCC1)N1CCN(C(=O)c2ccc(F)cc2)CC1. The van der Waals surface area contributed by atoms with Gasteiger partial charge in [-0.15, -0.1) is 0 Å². The van der Waals surface area contributed by atoms with Crippen LogP contribution in [0.25, 0.3) is 0 Å². The number of carbonyl (C=O) groups is 2. The maximum absolute atomic E-state index is 13.2. The lowest BCUT2D eigenvalue weighted by atomic mass is 9.94. The van der Waals surface area contributed by atoms with Crippen LogP contribution in [0.4, 0.5) is 4.39 Å². The molecule has 1 N–H and O–H groups in total. The van der Waals surface area contributed by atoms with Crippen LogP contribution in [0.2, 0.25) is 0 Å². The van der Waals surface area contributed by atoms with Crippen LogP contribution in [0.3, 0.4) is 0 Å². The summed E-state index contributed by atoms with van der Waals surface area (Å²) in [6.45, 7) is 3.16. The Morgan fingerprint density at radius 1 is 0.938 bits per heavy atom. The summed E-state index contributed by atoms with van der Waals surface area (Å²) < 4.78 is 13.2. The van der Waals surface area contributed by atoms with Crippen molar-refractivity contribution in [3.8, 4) is 0 Å². The van der Waals surface area contributed by atoms with Gasteiger partial charge in [0, 0.05) is 38.3 Å². The molecule has 0 bridgehead atoms. The van der Waals surface area contributed by atoms with Crippen LogP contribution in [-0.2, 0) is 11.2 Å². The molecule has 2 amide bonds. The van der Waals surface area contributed by atoms with Gasteiger partial charge in [-0.05, 0) is 55.0 Å². The Morgan fingerprint density at radius 2 is 1.59 bits per heavy atom. The second-order valence-corrected chi connectivity index (χ2v) is 8.85. The summed E-state index contributed by atoms with van der Waals surface area (Å²) in [6.07, 6.45) is 5.36. The fraction of sp³-hybridized carbons (Fsp3) is 0.462. The van der Waals surface area contributed by atoms with Crippen molar-refractivity contribution in [2.45, 2.75) is 38.1 Å². The Hall–Kier alpha value is -2.73. The maximum atomic E-state index is 13.2. The molecule has 1 saturated heterocycles. The Labute approximate surface area is 189 Å². The van der Waals surface area contributed by atoms with Crippen LogP contribution >= 0.6 is 0 Å². The lowest BCUT2D eigenvalue weighted by Crippen LogP contribution is -2.58. The summed E-state index contributed by atoms with van der Waals surface area (Å²) in [5, 5.41) is 3.17. The molecule has 1 saturated carbocycles. The van der Waals surface area contributed by atoms with E-state index >= 15 is 0 Å². The summed E-state index contributed by atoms with van der Waals surface area (Å²) >= 11 is 0. The number of amides is 2. The van der Waals surface area contributed by atoms with E-state index in [0.29, 0.717) is 44.2 Å². The molecule has 1 aliphatic heterocycles. The number of hydrogen-bond donors (Lipinski definition) is 1. The highest BCUT2D eigenvalue weighted by Crippen LogP contribution is 2.31. The van der Waals surface area contributed by atoms with E-state index in [2.05, 4.69) is 22.3 Å². The van der Waals surface area contributed by atoms with Gasteiger partial charge in [0.1, 0.15) is 5.82 Å². The molecule has 1 aliphatic carbocycles. The molecule has 5 nitrogen and oxygen atoms in total. The molecule has 0 spiro atoms. The first-order valence-corrected chi connectivity index (χ1v) is 11.7. The van der Waals surface area contributed by atoms with Gasteiger partial charge < -0.3 is 10.2 Å². The molecule has 0 radical (unpaired) electrons. The topological polar surface area (TPSA) is 52.7 Å². The quantitative estimate of drug-likeness (QED) is 0.721. The highest BCUT2D eigenvalue weighted by molar-refractivity contribution is 5.94. The van der Waals surface area contributed by atoms with E-state index < -0.39 is 0 Å². The molecule has 0 aromatic heterocycles. The normalized spacial score (nSPS) is 18.5. The summed E-state index contributed by atoms with van der Waals surface area (Å²) in [5.74, 6) is 0.0793. The molecule has 1 heterocycles. The zero-order valence-electron chi connectivity index (χ0n) is 18.5. The Bertz CT molecular complexity index is 889. The summed E-state index contributed by atoms with van der Waals surface area (Å²) in [5.41, 5.74) is 1.73. The van der Waals surface area contributed by atoms with Crippen LogP contribution in [0.5, 0.6) is 0 Å². The van der Waals surface area contributed by atoms with Crippen molar-refractivity contribution in [1.82, 2.24) is 15.1 Å². The average molecular weight is 438 g/mol. The molecular formula is C26H32FN3O2. The average Bonchev–Trinajstić information content (AvgIpc) is 3.35. The molecular weight excluding hydrogens is 405 g/mol. The first-order chi connectivity index (χ1) is 15.6. The van der Waals surface area contributed by atoms with Gasteiger partial charge in [0.15, 0.2) is 0 Å². The molecule has 2 fully saturated rings. The van der Waals surface area contributed by atoms with Gasteiger partial charge in [0.05, 0.1) is 6.04 Å². The first-order valence-electron chi connectivity index (χ1n) is 11.7. The van der Waals surface area contributed by atoms with Gasteiger partial charge >= 0.3 is 0 Å². The number of rotatable bonds is 7. The van der Waals surface area contributed by atoms with E-state index in [1.807, 2.05) is 23.1 Å². The van der Waals surface area contributed by atoms with Gasteiger partial charge in [0.2, 0.25) is 5.91 Å². The molecule has 32 heavy (non-hydrogen) atoms. The molecule has 2 aromatic carbocycles. The van der Waals surface area contributed by atoms with Gasteiger partial charge in [0.25, 0.3) is 5.91 Å². The van der Waals surface area contributed by atoms with Crippen molar-refractivity contribution in [2.75, 3.05) is 32.7 Å². The number of hydrogen-bond acceptors (Lipinski definition) is 3. The van der Waals surface area contributed by atoms with E-state index in [1.165, 1.54) is 42.7 Å². The lowest BCUT2D eigenvalue weighted by molar-refractivity contribution is -0.129. The van der Waals surface area contributed by atoms with E-state index in [1.54, 1.807) is 0 Å². The van der Waals surface area contributed by atoms with Crippen LogP contribution in [0, 0.1) is 11.7 Å². The van der Waals surface area contributed by atoms with Crippen molar-refractivity contribution in [2.24, 2.45) is 5.92 Å². The highest BCUT2D eigenvalue weighted by Gasteiger charge is 2.37. The van der Waals surface area contributed by atoms with E-state index in [-0.39, 0.29) is 23.7 Å². The largest absolute Gasteiger partial charge is 0.354 e. The number of piperazine rings is 1. The van der Waals surface area contributed by atoms with E-state index in [0.717, 1.165) is 19.3 Å². The summed E-state index contributed by atoms with van der Waals surface area (Å²) in [7, 11) is 0. The molecule has 6 heteroatoms. The number of carbonyl (C=O) groups excluding carboxylic acids is 2. The highest BCUT2D eigenvalue weighted by atomic mass is 19.1. The Balaban J connectivity index is 1.34. The second kappa shape index (κ2) is 10.7.